The molecule has 7 nitrogen and oxygen atoms in total. The molecule has 0 bridgehead atoms. The molecule has 2 N–H and O–H groups in total. The summed E-state index contributed by atoms with van der Waals surface area (Å²) in [5.41, 5.74) is 1.33. The molecule has 0 radical (unpaired) electrons. The Balaban J connectivity index is 1.58. The summed E-state index contributed by atoms with van der Waals surface area (Å²) in [5.74, 6) is -0.277. The summed E-state index contributed by atoms with van der Waals surface area (Å²) in [6, 6.07) is 11.6. The second-order valence-electron chi connectivity index (χ2n) is 6.78. The third-order valence-corrected chi connectivity index (χ3v) is 6.95. The molecule has 0 aliphatic carbocycles. The average Bonchev–Trinajstić information content (AvgIpc) is 2.68. The Bertz CT molecular complexity index is 1020. The van der Waals surface area contributed by atoms with E-state index in [2.05, 4.69) is 10.6 Å². The van der Waals surface area contributed by atoms with Gasteiger partial charge in [-0.15, -0.1) is 0 Å². The molecule has 1 aliphatic heterocycles. The van der Waals surface area contributed by atoms with Crippen LogP contribution in [0.4, 0.5) is 5.69 Å². The number of amides is 2. The van der Waals surface area contributed by atoms with E-state index in [9.17, 15) is 18.0 Å². The Morgan fingerprint density at radius 2 is 1.97 bits per heavy atom. The molecule has 2 amide bonds. The van der Waals surface area contributed by atoms with Crippen LogP contribution in [0.15, 0.2) is 47.4 Å². The van der Waals surface area contributed by atoms with Crippen molar-refractivity contribution in [3.8, 4) is 5.75 Å². The minimum Gasteiger partial charge on any atom is -0.482 e. The molecule has 0 aromatic heterocycles. The van der Waals surface area contributed by atoms with Gasteiger partial charge in [-0.3, -0.25) is 9.59 Å². The van der Waals surface area contributed by atoms with Crippen molar-refractivity contribution in [2.24, 2.45) is 0 Å². The number of hydrogen-bond donors (Lipinski definition) is 2. The molecule has 154 valence electrons. The van der Waals surface area contributed by atoms with Crippen LogP contribution in [0.25, 0.3) is 0 Å². The number of rotatable bonds is 7. The molecule has 0 fully saturated rings. The molecule has 3 rings (SSSR count). The van der Waals surface area contributed by atoms with E-state index in [0.29, 0.717) is 29.4 Å². The largest absolute Gasteiger partial charge is 0.482 e. The second-order valence-corrected chi connectivity index (χ2v) is 9.58. The summed E-state index contributed by atoms with van der Waals surface area (Å²) in [6.45, 7) is 1.78. The molecular formula is C20H21ClN2O5S. The van der Waals surface area contributed by atoms with Crippen LogP contribution >= 0.6 is 11.6 Å². The lowest BCUT2D eigenvalue weighted by Gasteiger charge is -2.19. The van der Waals surface area contributed by atoms with Gasteiger partial charge in [0.1, 0.15) is 5.75 Å². The van der Waals surface area contributed by atoms with Gasteiger partial charge in [-0.05, 0) is 49.2 Å². The Kier molecular flexibility index (Phi) is 6.44. The number of benzene rings is 2. The lowest BCUT2D eigenvalue weighted by molar-refractivity contribution is -0.121. The third-order valence-electron chi connectivity index (χ3n) is 4.56. The number of carbonyl (C=O) groups is 2. The number of fused-ring (bicyclic) bond motifs is 1. The van der Waals surface area contributed by atoms with Gasteiger partial charge in [-0.2, -0.15) is 0 Å². The maximum atomic E-state index is 12.8. The van der Waals surface area contributed by atoms with E-state index in [1.165, 1.54) is 25.1 Å². The summed E-state index contributed by atoms with van der Waals surface area (Å²) in [7, 11) is -3.75. The Hall–Kier alpha value is -2.58. The zero-order valence-electron chi connectivity index (χ0n) is 15.8. The quantitative estimate of drug-likeness (QED) is 0.694. The topological polar surface area (TPSA) is 102 Å². The van der Waals surface area contributed by atoms with E-state index in [0.717, 1.165) is 5.56 Å². The van der Waals surface area contributed by atoms with E-state index in [1.807, 2.05) is 12.1 Å². The summed E-state index contributed by atoms with van der Waals surface area (Å²) >= 11 is 5.84. The van der Waals surface area contributed by atoms with Gasteiger partial charge < -0.3 is 15.4 Å². The first-order valence-electron chi connectivity index (χ1n) is 9.07. The highest BCUT2D eigenvalue weighted by Crippen LogP contribution is 2.31. The van der Waals surface area contributed by atoms with Gasteiger partial charge in [-0.1, -0.05) is 23.7 Å². The first-order chi connectivity index (χ1) is 13.8. The zero-order chi connectivity index (χ0) is 21.0. The van der Waals surface area contributed by atoms with Crippen molar-refractivity contribution in [3.05, 3.63) is 53.1 Å². The summed E-state index contributed by atoms with van der Waals surface area (Å²) in [5, 5.41) is 5.05. The third kappa shape index (κ3) is 5.27. The van der Waals surface area contributed by atoms with Crippen molar-refractivity contribution in [2.45, 2.75) is 29.9 Å². The van der Waals surface area contributed by atoms with Gasteiger partial charge in [0.25, 0.3) is 5.91 Å². The minimum absolute atomic E-state index is 0.0310. The van der Waals surface area contributed by atoms with Crippen molar-refractivity contribution in [1.29, 1.82) is 0 Å². The first kappa shape index (κ1) is 21.1. The van der Waals surface area contributed by atoms with Crippen molar-refractivity contribution >= 4 is 38.9 Å². The Morgan fingerprint density at radius 1 is 1.24 bits per heavy atom. The van der Waals surface area contributed by atoms with Gasteiger partial charge in [0, 0.05) is 18.0 Å². The minimum atomic E-state index is -3.75. The summed E-state index contributed by atoms with van der Waals surface area (Å²) < 4.78 is 30.9. The normalized spacial score (nSPS) is 14.3. The fraction of sp³-hybridized carbons (Fsp3) is 0.300. The molecule has 1 heterocycles. The van der Waals surface area contributed by atoms with Crippen LogP contribution in [0.5, 0.6) is 5.75 Å². The molecule has 0 saturated carbocycles. The van der Waals surface area contributed by atoms with Crippen LogP contribution in [0.1, 0.15) is 18.9 Å². The van der Waals surface area contributed by atoms with E-state index < -0.39 is 15.1 Å². The number of carbonyl (C=O) groups excluding carboxylic acids is 2. The Labute approximate surface area is 174 Å². The van der Waals surface area contributed by atoms with Crippen LogP contribution in [0.2, 0.25) is 5.02 Å². The molecular weight excluding hydrogens is 416 g/mol. The monoisotopic (exact) mass is 436 g/mol. The van der Waals surface area contributed by atoms with Crippen molar-refractivity contribution < 1.29 is 22.7 Å². The van der Waals surface area contributed by atoms with Crippen LogP contribution in [-0.2, 0) is 25.8 Å². The first-order valence-corrected chi connectivity index (χ1v) is 11.0. The maximum Gasteiger partial charge on any atom is 0.262 e. The zero-order valence-corrected chi connectivity index (χ0v) is 17.3. The van der Waals surface area contributed by atoms with Gasteiger partial charge in [0.15, 0.2) is 16.4 Å². The lowest BCUT2D eigenvalue weighted by atomic mass is 10.1. The van der Waals surface area contributed by atoms with Crippen molar-refractivity contribution in [1.82, 2.24) is 5.32 Å². The van der Waals surface area contributed by atoms with E-state index in [4.69, 9.17) is 16.3 Å². The average molecular weight is 437 g/mol. The molecule has 1 aliphatic rings. The predicted molar refractivity (Wildman–Crippen MR) is 110 cm³/mol. The van der Waals surface area contributed by atoms with Crippen LogP contribution in [-0.4, -0.2) is 38.6 Å². The molecule has 2 aromatic rings. The lowest BCUT2D eigenvalue weighted by Crippen LogP contribution is -2.31. The highest BCUT2D eigenvalue weighted by atomic mass is 35.5. The molecule has 0 spiro atoms. The number of hydrogen-bond acceptors (Lipinski definition) is 5. The Morgan fingerprint density at radius 3 is 2.69 bits per heavy atom. The standard InChI is InChI=1S/C20H21ClN2O5S/c1-13(10-19(24)22-9-8-14-2-4-15(21)5-3-14)29(26,27)16-6-7-18-17(11-16)23-20(25)12-28-18/h2-7,11,13H,8-10,12H2,1H3,(H,22,24)(H,23,25)/t13-/m0/s1. The van der Waals surface area contributed by atoms with E-state index >= 15 is 0 Å². The molecule has 9 heteroatoms. The van der Waals surface area contributed by atoms with E-state index in [1.54, 1.807) is 12.1 Å². The van der Waals surface area contributed by atoms with Crippen LogP contribution in [0, 0.1) is 0 Å². The van der Waals surface area contributed by atoms with Gasteiger partial charge in [0.2, 0.25) is 5.91 Å². The van der Waals surface area contributed by atoms with Gasteiger partial charge in [0.05, 0.1) is 15.8 Å². The molecule has 0 saturated heterocycles. The highest BCUT2D eigenvalue weighted by molar-refractivity contribution is 7.92. The van der Waals surface area contributed by atoms with Crippen LogP contribution in [0.3, 0.4) is 0 Å². The maximum absolute atomic E-state index is 12.8. The smallest absolute Gasteiger partial charge is 0.262 e. The summed E-state index contributed by atoms with van der Waals surface area (Å²) in [4.78, 5) is 23.6. The number of sulfone groups is 1. The number of ether oxygens (including phenoxy) is 1. The molecule has 0 unspecified atom stereocenters. The number of anilines is 1. The second kappa shape index (κ2) is 8.84. The molecule has 29 heavy (non-hydrogen) atoms. The highest BCUT2D eigenvalue weighted by Gasteiger charge is 2.27. The van der Waals surface area contributed by atoms with Gasteiger partial charge in [-0.25, -0.2) is 8.42 Å². The SMILES string of the molecule is C[C@@H](CC(=O)NCCc1ccc(Cl)cc1)S(=O)(=O)c1ccc2c(c1)NC(=O)CO2. The predicted octanol–water partition coefficient (Wildman–Crippen LogP) is 2.58. The molecule has 2 aromatic carbocycles. The fourth-order valence-electron chi connectivity index (χ4n) is 2.91. The van der Waals surface area contributed by atoms with E-state index in [-0.39, 0.29) is 29.7 Å². The fourth-order valence-corrected chi connectivity index (χ4v) is 4.41. The number of halogens is 1. The summed E-state index contributed by atoms with van der Waals surface area (Å²) in [6.07, 6.45) is 0.456. The number of nitrogens with one attached hydrogen (secondary N) is 2. The van der Waals surface area contributed by atoms with Crippen molar-refractivity contribution in [3.63, 3.8) is 0 Å². The van der Waals surface area contributed by atoms with Crippen molar-refractivity contribution in [2.75, 3.05) is 18.5 Å². The van der Waals surface area contributed by atoms with Gasteiger partial charge >= 0.3 is 0 Å². The molecule has 1 atom stereocenters. The van der Waals surface area contributed by atoms with Crippen LogP contribution < -0.4 is 15.4 Å².